The normalized spacial score (nSPS) is 29.7. The quantitative estimate of drug-likeness (QED) is 0.247. The number of hydrogen-bond donors (Lipinski definition) is 4. The maximum absolute atomic E-state index is 10.2. The van der Waals surface area contributed by atoms with Gasteiger partial charge in [0.05, 0.1) is 0 Å². The fraction of sp³-hybridized carbons (Fsp3) is 0.926. The van der Waals surface area contributed by atoms with Gasteiger partial charge in [0.1, 0.15) is 0 Å². The van der Waals surface area contributed by atoms with Gasteiger partial charge in [-0.1, -0.05) is 52.4 Å². The van der Waals surface area contributed by atoms with E-state index in [0.717, 1.165) is 75.0 Å². The molecule has 0 bridgehead atoms. The second kappa shape index (κ2) is 17.3. The summed E-state index contributed by atoms with van der Waals surface area (Å²) in [5.41, 5.74) is 12.2. The van der Waals surface area contributed by atoms with Gasteiger partial charge in [0.2, 0.25) is 0 Å². The summed E-state index contributed by atoms with van der Waals surface area (Å²) in [6.07, 6.45) is 17.9. The number of aliphatic carboxylic acids is 2. The van der Waals surface area contributed by atoms with Gasteiger partial charge in [-0.15, -0.1) is 0 Å². The molecule has 0 aliphatic heterocycles. The Balaban J connectivity index is 0.000000331. The Morgan fingerprint density at radius 1 is 0.636 bits per heavy atom. The predicted molar refractivity (Wildman–Crippen MR) is 135 cm³/mol. The van der Waals surface area contributed by atoms with E-state index in [9.17, 15) is 9.59 Å². The molecule has 33 heavy (non-hydrogen) atoms. The zero-order valence-corrected chi connectivity index (χ0v) is 21.4. The average molecular weight is 469 g/mol. The molecule has 0 radical (unpaired) electrons. The monoisotopic (exact) mass is 468 g/mol. The topological polar surface area (TPSA) is 127 Å². The summed E-state index contributed by atoms with van der Waals surface area (Å²) >= 11 is 0. The lowest BCUT2D eigenvalue weighted by Crippen LogP contribution is -2.37. The highest BCUT2D eigenvalue weighted by Crippen LogP contribution is 2.38. The third-order valence-electron chi connectivity index (χ3n) is 7.89. The summed E-state index contributed by atoms with van der Waals surface area (Å²) in [6, 6.07) is 0.926. The van der Waals surface area contributed by atoms with Crippen molar-refractivity contribution >= 4 is 11.9 Å². The van der Waals surface area contributed by atoms with Gasteiger partial charge >= 0.3 is 11.9 Å². The summed E-state index contributed by atoms with van der Waals surface area (Å²) in [7, 11) is 0. The van der Waals surface area contributed by atoms with Gasteiger partial charge in [0.25, 0.3) is 0 Å². The lowest BCUT2D eigenvalue weighted by Gasteiger charge is -2.37. The molecule has 6 heteroatoms. The SMILES string of the molecule is CC1CC(CC2CCC(N)C(C)C2)CCC1N.O=C(O)CCCCCCCCCCC(=O)O. The minimum absolute atomic E-state index is 0.276. The van der Waals surface area contributed by atoms with Crippen molar-refractivity contribution in [1.82, 2.24) is 0 Å². The first kappa shape index (κ1) is 29.9. The lowest BCUT2D eigenvalue weighted by molar-refractivity contribution is -0.138. The lowest BCUT2D eigenvalue weighted by atomic mass is 9.71. The van der Waals surface area contributed by atoms with Gasteiger partial charge in [0, 0.05) is 24.9 Å². The van der Waals surface area contributed by atoms with E-state index in [1.807, 2.05) is 0 Å². The van der Waals surface area contributed by atoms with Crippen molar-refractivity contribution in [3.8, 4) is 0 Å². The van der Waals surface area contributed by atoms with E-state index in [1.54, 1.807) is 0 Å². The van der Waals surface area contributed by atoms with Crippen LogP contribution in [0.15, 0.2) is 0 Å². The van der Waals surface area contributed by atoms with E-state index >= 15 is 0 Å². The molecule has 6 atom stereocenters. The highest BCUT2D eigenvalue weighted by Gasteiger charge is 2.30. The molecule has 0 aromatic rings. The van der Waals surface area contributed by atoms with Crippen molar-refractivity contribution in [3.05, 3.63) is 0 Å². The predicted octanol–water partition coefficient (Wildman–Crippen LogP) is 5.96. The standard InChI is InChI=1S/C15H30N2.C12H22O4/c1-10-7-12(3-5-14(10)16)9-13-4-6-15(17)11(2)8-13;13-11(14)9-7-5-3-1-2-4-6-8-10-12(15)16/h10-15H,3-9,16-17H2,1-2H3;1-10H2,(H,13,14)(H,15,16). The van der Waals surface area contributed by atoms with Crippen molar-refractivity contribution in [2.45, 2.75) is 135 Å². The molecule has 6 N–H and O–H groups in total. The van der Waals surface area contributed by atoms with Crippen LogP contribution >= 0.6 is 0 Å². The maximum Gasteiger partial charge on any atom is 0.303 e. The first-order chi connectivity index (χ1) is 15.7. The van der Waals surface area contributed by atoms with Crippen LogP contribution in [-0.4, -0.2) is 34.2 Å². The number of carbonyl (C=O) groups is 2. The molecule has 2 aliphatic rings. The molecule has 0 heterocycles. The van der Waals surface area contributed by atoms with Crippen LogP contribution in [0.25, 0.3) is 0 Å². The molecule has 194 valence electrons. The van der Waals surface area contributed by atoms with E-state index in [1.165, 1.54) is 44.9 Å². The molecule has 2 fully saturated rings. The first-order valence-corrected chi connectivity index (χ1v) is 13.6. The molecular formula is C27H52N2O4. The smallest absolute Gasteiger partial charge is 0.303 e. The minimum Gasteiger partial charge on any atom is -0.481 e. The molecule has 0 saturated heterocycles. The fourth-order valence-electron chi connectivity index (χ4n) is 5.57. The summed E-state index contributed by atoms with van der Waals surface area (Å²) in [5.74, 6) is 1.92. The van der Waals surface area contributed by atoms with Crippen LogP contribution in [-0.2, 0) is 9.59 Å². The molecule has 6 unspecified atom stereocenters. The summed E-state index contributed by atoms with van der Waals surface area (Å²) in [6.45, 7) is 4.66. The Hall–Kier alpha value is -1.14. The summed E-state index contributed by atoms with van der Waals surface area (Å²) < 4.78 is 0. The number of unbranched alkanes of at least 4 members (excludes halogenated alkanes) is 7. The first-order valence-electron chi connectivity index (χ1n) is 13.6. The Bertz CT molecular complexity index is 496. The Kier molecular flexibility index (Phi) is 15.7. The van der Waals surface area contributed by atoms with Gasteiger partial charge in [-0.05, 0) is 81.5 Å². The molecule has 0 aromatic heterocycles. The van der Waals surface area contributed by atoms with E-state index in [0.29, 0.717) is 12.1 Å². The molecule has 0 spiro atoms. The highest BCUT2D eigenvalue weighted by atomic mass is 16.4. The summed E-state index contributed by atoms with van der Waals surface area (Å²) in [4.78, 5) is 20.4. The molecule has 2 saturated carbocycles. The van der Waals surface area contributed by atoms with E-state index in [2.05, 4.69) is 13.8 Å². The van der Waals surface area contributed by atoms with Crippen LogP contribution in [0.2, 0.25) is 0 Å². The van der Waals surface area contributed by atoms with E-state index in [4.69, 9.17) is 21.7 Å². The number of hydrogen-bond acceptors (Lipinski definition) is 4. The zero-order chi connectivity index (χ0) is 24.6. The summed E-state index contributed by atoms with van der Waals surface area (Å²) in [5, 5.41) is 16.8. The van der Waals surface area contributed by atoms with Gasteiger partial charge in [-0.2, -0.15) is 0 Å². The third kappa shape index (κ3) is 14.7. The fourth-order valence-corrected chi connectivity index (χ4v) is 5.57. The zero-order valence-electron chi connectivity index (χ0n) is 21.4. The number of carboxylic acid groups (broad SMARTS) is 2. The van der Waals surface area contributed by atoms with E-state index in [-0.39, 0.29) is 12.8 Å². The molecule has 2 rings (SSSR count). The van der Waals surface area contributed by atoms with Crippen molar-refractivity contribution in [2.75, 3.05) is 0 Å². The van der Waals surface area contributed by atoms with Crippen LogP contribution in [0.3, 0.4) is 0 Å². The Morgan fingerprint density at radius 3 is 1.27 bits per heavy atom. The second-order valence-electron chi connectivity index (χ2n) is 11.0. The Labute approximate surface area is 202 Å². The third-order valence-corrected chi connectivity index (χ3v) is 7.89. The van der Waals surface area contributed by atoms with Gasteiger partial charge in [-0.25, -0.2) is 0 Å². The number of nitrogens with two attached hydrogens (primary N) is 2. The maximum atomic E-state index is 10.2. The number of rotatable bonds is 13. The van der Waals surface area contributed by atoms with Crippen LogP contribution in [0.5, 0.6) is 0 Å². The largest absolute Gasteiger partial charge is 0.481 e. The molecule has 2 aliphatic carbocycles. The molecule has 6 nitrogen and oxygen atoms in total. The van der Waals surface area contributed by atoms with E-state index < -0.39 is 11.9 Å². The van der Waals surface area contributed by atoms with Crippen LogP contribution in [0.4, 0.5) is 0 Å². The van der Waals surface area contributed by atoms with Gasteiger partial charge in [-0.3, -0.25) is 9.59 Å². The van der Waals surface area contributed by atoms with Crippen molar-refractivity contribution in [1.29, 1.82) is 0 Å². The van der Waals surface area contributed by atoms with Gasteiger partial charge in [0.15, 0.2) is 0 Å². The molecule has 0 aromatic carbocycles. The van der Waals surface area contributed by atoms with Crippen molar-refractivity contribution in [2.24, 2.45) is 35.1 Å². The van der Waals surface area contributed by atoms with Crippen LogP contribution in [0.1, 0.15) is 123 Å². The second-order valence-corrected chi connectivity index (χ2v) is 11.0. The van der Waals surface area contributed by atoms with Crippen molar-refractivity contribution in [3.63, 3.8) is 0 Å². The highest BCUT2D eigenvalue weighted by molar-refractivity contribution is 5.66. The minimum atomic E-state index is -0.714. The Morgan fingerprint density at radius 2 is 0.970 bits per heavy atom. The molecule has 0 amide bonds. The average Bonchev–Trinajstić information content (AvgIpc) is 2.75. The number of carboxylic acids is 2. The van der Waals surface area contributed by atoms with Crippen molar-refractivity contribution < 1.29 is 19.8 Å². The van der Waals surface area contributed by atoms with Crippen LogP contribution < -0.4 is 11.5 Å². The van der Waals surface area contributed by atoms with Crippen LogP contribution in [0, 0.1) is 23.7 Å². The molecular weight excluding hydrogens is 416 g/mol. The van der Waals surface area contributed by atoms with Gasteiger partial charge < -0.3 is 21.7 Å².